The van der Waals surface area contributed by atoms with Crippen molar-refractivity contribution in [2.75, 3.05) is 24.6 Å². The van der Waals surface area contributed by atoms with Crippen molar-refractivity contribution in [2.45, 2.75) is 25.9 Å². The number of nitrogens with zero attached hydrogens (tertiary/aromatic N) is 3. The minimum Gasteiger partial charge on any atom is -0.291 e. The predicted molar refractivity (Wildman–Crippen MR) is 113 cm³/mol. The Balaban J connectivity index is 1.79. The third-order valence-corrected chi connectivity index (χ3v) is 7.72. The molecule has 0 spiro atoms. The monoisotopic (exact) mass is 417 g/mol. The first-order valence-corrected chi connectivity index (χ1v) is 12.1. The van der Waals surface area contributed by atoms with Crippen LogP contribution in [0.25, 0.3) is 10.2 Å². The topological polar surface area (TPSA) is 72.3 Å². The Hall–Kier alpha value is -2.03. The number of fused-ring (bicyclic) bond motifs is 1. The maximum Gasteiger partial charge on any atom is 0.262 e. The molecule has 0 aliphatic carbocycles. The summed E-state index contributed by atoms with van der Waals surface area (Å²) in [5.74, 6) is 1.05. The first kappa shape index (κ1) is 19.3. The number of aromatic nitrogens is 2. The number of benzene rings is 1. The molecule has 6 nitrogen and oxygen atoms in total. The minimum atomic E-state index is -2.96. The fourth-order valence-corrected chi connectivity index (χ4v) is 5.77. The zero-order chi connectivity index (χ0) is 19.7. The highest BCUT2D eigenvalue weighted by atomic mass is 32.2. The van der Waals surface area contributed by atoms with Gasteiger partial charge < -0.3 is 0 Å². The van der Waals surface area contributed by atoms with Crippen LogP contribution >= 0.6 is 11.3 Å². The predicted octanol–water partition coefficient (Wildman–Crippen LogP) is 2.69. The van der Waals surface area contributed by atoms with Crippen LogP contribution in [-0.4, -0.2) is 47.5 Å². The SMILES string of the molecule is CCC(c1nc2sccc2c(=O)n1Cc1ccccc1)N1CCS(=O)(=O)CC1. The van der Waals surface area contributed by atoms with Crippen LogP contribution < -0.4 is 5.56 Å². The van der Waals surface area contributed by atoms with E-state index in [1.165, 1.54) is 11.3 Å². The summed E-state index contributed by atoms with van der Waals surface area (Å²) in [4.78, 5) is 21.0. The van der Waals surface area contributed by atoms with Crippen LogP contribution in [-0.2, 0) is 16.4 Å². The van der Waals surface area contributed by atoms with Crippen LogP contribution in [0.15, 0.2) is 46.6 Å². The summed E-state index contributed by atoms with van der Waals surface area (Å²) in [6, 6.07) is 11.6. The number of hydrogen-bond donors (Lipinski definition) is 0. The second kappa shape index (κ2) is 7.77. The molecule has 2 aromatic heterocycles. The first-order valence-electron chi connectivity index (χ1n) is 9.45. The molecule has 148 valence electrons. The quantitative estimate of drug-likeness (QED) is 0.638. The number of hydrogen-bond acceptors (Lipinski definition) is 6. The fraction of sp³-hybridized carbons (Fsp3) is 0.400. The molecule has 0 radical (unpaired) electrons. The molecule has 1 saturated heterocycles. The zero-order valence-electron chi connectivity index (χ0n) is 15.7. The number of sulfone groups is 1. The smallest absolute Gasteiger partial charge is 0.262 e. The maximum atomic E-state index is 13.2. The molecule has 0 saturated carbocycles. The molecule has 4 rings (SSSR count). The Kier molecular flexibility index (Phi) is 5.35. The van der Waals surface area contributed by atoms with Crippen molar-refractivity contribution in [3.63, 3.8) is 0 Å². The van der Waals surface area contributed by atoms with E-state index < -0.39 is 9.84 Å². The van der Waals surface area contributed by atoms with Gasteiger partial charge in [-0.05, 0) is 23.4 Å². The Labute approximate surface area is 168 Å². The Morgan fingerprint density at radius 2 is 1.86 bits per heavy atom. The zero-order valence-corrected chi connectivity index (χ0v) is 17.4. The van der Waals surface area contributed by atoms with E-state index in [1.54, 1.807) is 4.57 Å². The summed E-state index contributed by atoms with van der Waals surface area (Å²) >= 11 is 1.47. The Morgan fingerprint density at radius 1 is 1.14 bits per heavy atom. The average Bonchev–Trinajstić information content (AvgIpc) is 3.16. The van der Waals surface area contributed by atoms with Crippen molar-refractivity contribution in [3.05, 3.63) is 63.5 Å². The van der Waals surface area contributed by atoms with Gasteiger partial charge in [-0.2, -0.15) is 0 Å². The molecule has 0 amide bonds. The van der Waals surface area contributed by atoms with Gasteiger partial charge in [-0.25, -0.2) is 13.4 Å². The van der Waals surface area contributed by atoms with Crippen LogP contribution in [0.5, 0.6) is 0 Å². The van der Waals surface area contributed by atoms with E-state index in [2.05, 4.69) is 11.8 Å². The number of thiophene rings is 1. The van der Waals surface area contributed by atoms with Crippen molar-refractivity contribution in [2.24, 2.45) is 0 Å². The maximum absolute atomic E-state index is 13.2. The van der Waals surface area contributed by atoms with Gasteiger partial charge >= 0.3 is 0 Å². The highest BCUT2D eigenvalue weighted by Crippen LogP contribution is 2.27. The lowest BCUT2D eigenvalue weighted by molar-refractivity contribution is 0.195. The van der Waals surface area contributed by atoms with E-state index in [-0.39, 0.29) is 23.1 Å². The van der Waals surface area contributed by atoms with E-state index in [1.807, 2.05) is 41.8 Å². The van der Waals surface area contributed by atoms with Crippen molar-refractivity contribution >= 4 is 31.4 Å². The molecule has 8 heteroatoms. The van der Waals surface area contributed by atoms with Gasteiger partial charge in [0.15, 0.2) is 9.84 Å². The standard InChI is InChI=1S/C20H23N3O3S2/c1-2-17(22-9-12-28(25,26)13-10-22)18-21-19-16(8-11-27-19)20(24)23(18)14-15-6-4-3-5-7-15/h3-8,11,17H,2,9-10,12-14H2,1H3. The number of rotatable bonds is 5. The molecular formula is C20H23N3O3S2. The van der Waals surface area contributed by atoms with Gasteiger partial charge in [0.05, 0.1) is 29.5 Å². The lowest BCUT2D eigenvalue weighted by Crippen LogP contribution is -2.44. The van der Waals surface area contributed by atoms with E-state index in [9.17, 15) is 13.2 Å². The molecule has 3 heterocycles. The highest BCUT2D eigenvalue weighted by Gasteiger charge is 2.30. The van der Waals surface area contributed by atoms with Crippen LogP contribution in [0, 0.1) is 0 Å². The summed E-state index contributed by atoms with van der Waals surface area (Å²) < 4.78 is 25.5. The van der Waals surface area contributed by atoms with Crippen molar-refractivity contribution in [1.29, 1.82) is 0 Å². The molecule has 1 aromatic carbocycles. The molecule has 3 aromatic rings. The molecular weight excluding hydrogens is 394 g/mol. The van der Waals surface area contributed by atoms with Gasteiger partial charge in [-0.1, -0.05) is 37.3 Å². The Morgan fingerprint density at radius 3 is 2.54 bits per heavy atom. The summed E-state index contributed by atoms with van der Waals surface area (Å²) in [5.41, 5.74) is 1.01. The molecule has 1 aliphatic heterocycles. The van der Waals surface area contributed by atoms with Crippen LogP contribution in [0.2, 0.25) is 0 Å². The van der Waals surface area contributed by atoms with Crippen molar-refractivity contribution in [1.82, 2.24) is 14.5 Å². The van der Waals surface area contributed by atoms with Gasteiger partial charge in [0.2, 0.25) is 0 Å². The van der Waals surface area contributed by atoms with E-state index >= 15 is 0 Å². The van der Waals surface area contributed by atoms with Crippen LogP contribution in [0.1, 0.15) is 30.8 Å². The minimum absolute atomic E-state index is 0.0341. The third-order valence-electron chi connectivity index (χ3n) is 5.30. The van der Waals surface area contributed by atoms with Crippen molar-refractivity contribution < 1.29 is 8.42 Å². The van der Waals surface area contributed by atoms with Crippen LogP contribution in [0.4, 0.5) is 0 Å². The molecule has 28 heavy (non-hydrogen) atoms. The lowest BCUT2D eigenvalue weighted by Gasteiger charge is -2.34. The summed E-state index contributed by atoms with van der Waals surface area (Å²) in [6.07, 6.45) is 0.762. The fourth-order valence-electron chi connectivity index (χ4n) is 3.78. The lowest BCUT2D eigenvalue weighted by atomic mass is 10.1. The molecule has 0 bridgehead atoms. The van der Waals surface area contributed by atoms with Gasteiger partial charge in [0.25, 0.3) is 5.56 Å². The average molecular weight is 418 g/mol. The van der Waals surface area contributed by atoms with E-state index in [0.29, 0.717) is 25.0 Å². The largest absolute Gasteiger partial charge is 0.291 e. The Bertz CT molecular complexity index is 1120. The third kappa shape index (κ3) is 3.76. The second-order valence-corrected chi connectivity index (χ2v) is 10.3. The molecule has 1 aliphatic rings. The summed E-state index contributed by atoms with van der Waals surface area (Å²) in [6.45, 7) is 3.47. The van der Waals surface area contributed by atoms with Gasteiger partial charge in [-0.15, -0.1) is 11.3 Å². The van der Waals surface area contributed by atoms with Crippen LogP contribution in [0.3, 0.4) is 0 Å². The second-order valence-electron chi connectivity index (χ2n) is 7.10. The van der Waals surface area contributed by atoms with Gasteiger partial charge in [0.1, 0.15) is 10.7 Å². The van der Waals surface area contributed by atoms with Gasteiger partial charge in [-0.3, -0.25) is 14.3 Å². The molecule has 1 unspecified atom stereocenters. The molecule has 1 atom stereocenters. The summed E-state index contributed by atoms with van der Waals surface area (Å²) in [7, 11) is -2.96. The van der Waals surface area contributed by atoms with E-state index in [0.717, 1.165) is 22.6 Å². The molecule has 1 fully saturated rings. The molecule has 0 N–H and O–H groups in total. The normalized spacial score (nSPS) is 18.3. The van der Waals surface area contributed by atoms with E-state index in [4.69, 9.17) is 4.98 Å². The van der Waals surface area contributed by atoms with Crippen molar-refractivity contribution in [3.8, 4) is 0 Å². The van der Waals surface area contributed by atoms with Gasteiger partial charge in [0, 0.05) is 13.1 Å². The summed E-state index contributed by atoms with van der Waals surface area (Å²) in [5, 5.41) is 2.53. The highest BCUT2D eigenvalue weighted by molar-refractivity contribution is 7.91. The first-order chi connectivity index (χ1) is 13.5.